The number of nitrogens with zero attached hydrogens (tertiary/aromatic N) is 3. The van der Waals surface area contributed by atoms with Crippen molar-refractivity contribution in [2.75, 3.05) is 20.6 Å². The van der Waals surface area contributed by atoms with Crippen LogP contribution in [0.4, 0.5) is 4.39 Å². The molecule has 0 aliphatic rings. The van der Waals surface area contributed by atoms with Crippen molar-refractivity contribution in [2.45, 2.75) is 38.5 Å². The quantitative estimate of drug-likeness (QED) is 0.875. The molecular weight excluding hydrogens is 299 g/mol. The van der Waals surface area contributed by atoms with Crippen LogP contribution in [-0.2, 0) is 6.54 Å². The minimum absolute atomic E-state index is 0.277. The Morgan fingerprint density at radius 1 is 1.56 bits per heavy atom. The van der Waals surface area contributed by atoms with Crippen molar-refractivity contribution in [3.8, 4) is 0 Å². The first-order valence-electron chi connectivity index (χ1n) is 5.99. The first kappa shape index (κ1) is 15.6. The summed E-state index contributed by atoms with van der Waals surface area (Å²) in [6, 6.07) is 0. The van der Waals surface area contributed by atoms with Crippen LogP contribution in [-0.4, -0.2) is 40.9 Å². The van der Waals surface area contributed by atoms with Crippen LogP contribution in [0.25, 0.3) is 0 Å². The van der Waals surface area contributed by atoms with E-state index in [4.69, 9.17) is 5.73 Å². The molecule has 1 unspecified atom stereocenters. The minimum atomic E-state index is -1.11. The SMILES string of the molecule is CN(C)CCn1ncc(Br)c1C(F)CC(C)(C)N. The molecule has 0 fully saturated rings. The molecule has 0 aliphatic heterocycles. The van der Waals surface area contributed by atoms with Crippen LogP contribution < -0.4 is 5.73 Å². The van der Waals surface area contributed by atoms with E-state index < -0.39 is 11.7 Å². The highest BCUT2D eigenvalue weighted by atomic mass is 79.9. The third-order valence-electron chi connectivity index (χ3n) is 2.59. The Labute approximate surface area is 116 Å². The van der Waals surface area contributed by atoms with Gasteiger partial charge in [0.05, 0.1) is 22.9 Å². The highest BCUT2D eigenvalue weighted by Crippen LogP contribution is 2.31. The van der Waals surface area contributed by atoms with Crippen LogP contribution in [0.5, 0.6) is 0 Å². The lowest BCUT2D eigenvalue weighted by atomic mass is 9.97. The predicted octanol–water partition coefficient (Wildman–Crippen LogP) is 2.35. The van der Waals surface area contributed by atoms with Gasteiger partial charge in [0.2, 0.25) is 0 Å². The molecule has 104 valence electrons. The van der Waals surface area contributed by atoms with Crippen LogP contribution in [0.1, 0.15) is 32.1 Å². The normalized spacial score (nSPS) is 14.2. The maximum atomic E-state index is 14.3. The molecular formula is C12H22BrFN4. The molecule has 1 heterocycles. The summed E-state index contributed by atoms with van der Waals surface area (Å²) < 4.78 is 16.7. The van der Waals surface area contributed by atoms with Crippen LogP contribution in [0.15, 0.2) is 10.7 Å². The molecule has 1 atom stereocenters. The Bertz CT molecular complexity index is 384. The molecule has 1 rings (SSSR count). The summed E-state index contributed by atoms with van der Waals surface area (Å²) in [4.78, 5) is 2.04. The third-order valence-corrected chi connectivity index (χ3v) is 3.21. The van der Waals surface area contributed by atoms with Crippen LogP contribution in [0.3, 0.4) is 0 Å². The first-order valence-corrected chi connectivity index (χ1v) is 6.79. The third kappa shape index (κ3) is 4.66. The monoisotopic (exact) mass is 320 g/mol. The molecule has 1 aromatic rings. The van der Waals surface area contributed by atoms with E-state index >= 15 is 0 Å². The van der Waals surface area contributed by atoms with Gasteiger partial charge in [-0.3, -0.25) is 4.68 Å². The molecule has 0 saturated carbocycles. The van der Waals surface area contributed by atoms with Crippen LogP contribution >= 0.6 is 15.9 Å². The van der Waals surface area contributed by atoms with E-state index in [2.05, 4.69) is 21.0 Å². The number of nitrogens with two attached hydrogens (primary N) is 1. The zero-order chi connectivity index (χ0) is 13.9. The molecule has 0 radical (unpaired) electrons. The summed E-state index contributed by atoms with van der Waals surface area (Å²) >= 11 is 3.35. The number of hydrogen-bond acceptors (Lipinski definition) is 3. The number of rotatable bonds is 6. The lowest BCUT2D eigenvalue weighted by Gasteiger charge is -2.22. The van der Waals surface area contributed by atoms with Crippen molar-refractivity contribution >= 4 is 15.9 Å². The van der Waals surface area contributed by atoms with Crippen molar-refractivity contribution in [1.29, 1.82) is 0 Å². The zero-order valence-corrected chi connectivity index (χ0v) is 13.0. The Morgan fingerprint density at radius 2 is 2.17 bits per heavy atom. The van der Waals surface area contributed by atoms with Crippen LogP contribution in [0.2, 0.25) is 0 Å². The van der Waals surface area contributed by atoms with Crippen molar-refractivity contribution in [2.24, 2.45) is 5.73 Å². The molecule has 0 aliphatic carbocycles. The van der Waals surface area contributed by atoms with Gasteiger partial charge in [0.25, 0.3) is 0 Å². The van der Waals surface area contributed by atoms with Gasteiger partial charge in [-0.25, -0.2) is 4.39 Å². The fourth-order valence-electron chi connectivity index (χ4n) is 1.71. The van der Waals surface area contributed by atoms with Gasteiger partial charge in [-0.1, -0.05) is 0 Å². The van der Waals surface area contributed by atoms with Crippen molar-refractivity contribution in [3.05, 3.63) is 16.4 Å². The second-order valence-corrected chi connectivity index (χ2v) is 6.42. The van der Waals surface area contributed by atoms with E-state index in [0.717, 1.165) is 6.54 Å². The molecule has 4 nitrogen and oxygen atoms in total. The highest BCUT2D eigenvalue weighted by Gasteiger charge is 2.25. The zero-order valence-electron chi connectivity index (χ0n) is 11.5. The molecule has 0 bridgehead atoms. The fourth-order valence-corrected chi connectivity index (χ4v) is 2.26. The smallest absolute Gasteiger partial charge is 0.144 e. The number of alkyl halides is 1. The van der Waals surface area contributed by atoms with Crippen molar-refractivity contribution < 1.29 is 4.39 Å². The second kappa shape index (κ2) is 6.12. The highest BCUT2D eigenvalue weighted by molar-refractivity contribution is 9.10. The Kier molecular flexibility index (Phi) is 5.31. The topological polar surface area (TPSA) is 47.1 Å². The predicted molar refractivity (Wildman–Crippen MR) is 75.2 cm³/mol. The van der Waals surface area contributed by atoms with E-state index in [0.29, 0.717) is 16.7 Å². The number of aromatic nitrogens is 2. The number of hydrogen-bond donors (Lipinski definition) is 1. The van der Waals surface area contributed by atoms with Crippen LogP contribution in [0, 0.1) is 0 Å². The largest absolute Gasteiger partial charge is 0.325 e. The first-order chi connectivity index (χ1) is 8.20. The average molecular weight is 321 g/mol. The van der Waals surface area contributed by atoms with Gasteiger partial charge in [-0.05, 0) is 43.9 Å². The molecule has 6 heteroatoms. The Morgan fingerprint density at radius 3 is 2.67 bits per heavy atom. The summed E-state index contributed by atoms with van der Waals surface area (Å²) in [5.41, 5.74) is 5.92. The lowest BCUT2D eigenvalue weighted by Crippen LogP contribution is -2.33. The number of likely N-dealkylation sites (N-methyl/N-ethyl adjacent to an activating group) is 1. The van der Waals surface area contributed by atoms with E-state index in [1.165, 1.54) is 0 Å². The molecule has 2 N–H and O–H groups in total. The van der Waals surface area contributed by atoms with Gasteiger partial charge < -0.3 is 10.6 Å². The molecule has 0 spiro atoms. The summed E-state index contributed by atoms with van der Waals surface area (Å²) in [5.74, 6) is 0. The fraction of sp³-hybridized carbons (Fsp3) is 0.750. The average Bonchev–Trinajstić information content (AvgIpc) is 2.53. The van der Waals surface area contributed by atoms with E-state index in [1.807, 2.05) is 32.8 Å². The van der Waals surface area contributed by atoms with Gasteiger partial charge in [0.1, 0.15) is 6.17 Å². The lowest BCUT2D eigenvalue weighted by molar-refractivity contribution is 0.248. The summed E-state index contributed by atoms with van der Waals surface area (Å²) in [6.07, 6.45) is 0.810. The molecule has 0 aromatic carbocycles. The summed E-state index contributed by atoms with van der Waals surface area (Å²) in [5, 5.41) is 4.20. The summed E-state index contributed by atoms with van der Waals surface area (Å²) in [7, 11) is 3.96. The molecule has 1 aromatic heterocycles. The number of halogens is 2. The standard InChI is InChI=1S/C12H22BrFN4/c1-12(2,15)7-10(14)11-9(13)8-16-18(11)6-5-17(3)4/h8,10H,5-7,15H2,1-4H3. The van der Waals surface area contributed by atoms with Gasteiger partial charge >= 0.3 is 0 Å². The van der Waals surface area contributed by atoms with Gasteiger partial charge in [0, 0.05) is 18.5 Å². The summed E-state index contributed by atoms with van der Waals surface area (Å²) in [6.45, 7) is 5.14. The Hall–Kier alpha value is -0.460. The Balaban J connectivity index is 2.83. The van der Waals surface area contributed by atoms with Crippen molar-refractivity contribution in [3.63, 3.8) is 0 Å². The maximum Gasteiger partial charge on any atom is 0.144 e. The molecule has 18 heavy (non-hydrogen) atoms. The second-order valence-electron chi connectivity index (χ2n) is 5.56. The van der Waals surface area contributed by atoms with Gasteiger partial charge in [-0.15, -0.1) is 0 Å². The molecule has 0 saturated heterocycles. The molecule has 0 amide bonds. The maximum absolute atomic E-state index is 14.3. The minimum Gasteiger partial charge on any atom is -0.325 e. The van der Waals surface area contributed by atoms with Crippen molar-refractivity contribution in [1.82, 2.24) is 14.7 Å². The van der Waals surface area contributed by atoms with E-state index in [-0.39, 0.29) is 6.42 Å². The van der Waals surface area contributed by atoms with E-state index in [9.17, 15) is 4.39 Å². The van der Waals surface area contributed by atoms with Gasteiger partial charge in [-0.2, -0.15) is 5.10 Å². The van der Waals surface area contributed by atoms with Gasteiger partial charge in [0.15, 0.2) is 0 Å². The van der Waals surface area contributed by atoms with E-state index in [1.54, 1.807) is 10.9 Å².